The van der Waals surface area contributed by atoms with Crippen LogP contribution in [-0.4, -0.2) is 96.7 Å². The Hall–Kier alpha value is -5.32. The fraction of sp³-hybridized carbons (Fsp3) is 0.655. The third-order valence-corrected chi connectivity index (χ3v) is 18.4. The Balaban J connectivity index is 5.41. The Bertz CT molecular complexity index is 2630. The summed E-state index contributed by atoms with van der Waals surface area (Å²) in [5, 5.41) is 10.6. The van der Waals surface area contributed by atoms with E-state index in [1.807, 2.05) is 18.2 Å². The SMILES string of the molecule is CC/C=C\C/C=C\C/C=C\C/C=C\C/C=C\C/C=C\CCC(=O)OCC(COP(=O)(O)OCC(O)COP(=O)(O)OCC(COC(=O)CCCCCCCC/C=C\C/C=C\C/C=C\C/C=C\CC)OC(=O)CCCCCCCCC/C=C\C/C=C\C/C=C\CC)OC(=O)CCCCCCCCCCCCC. The standard InChI is InChI=1S/C87H144O17P2/c1-5-9-13-17-21-25-29-32-35-38-40-43-45-48-52-55-59-63-67-71-84(89)97-77-82(103-86(91)73-69-65-61-57-51-28-24-20-16-12-8-4)79-101-105(93,94)99-75-81(88)76-100-106(95,96)102-80-83(104-87(92)74-70-66-62-58-54-50-47-42-37-34-31-27-23-19-15-11-7-3)78-98-85(90)72-68-64-60-56-53-49-46-44-41-39-36-33-30-26-22-18-14-10-6-2/h9-11,13-15,21-23,25-27,32-37,40-41,43-44,48,52,59,63,81-83,88H,5-8,12,16-20,24,28-31,38-39,42,45-47,49-51,53-58,60-62,64-80H2,1-4H3,(H,93,94)(H,95,96)/b13-9-,14-10-,15-11-,25-21-,26-22-,27-23-,35-32-,36-33-,37-34-,43-40-,44-41-,52-48-,63-59-. The van der Waals surface area contributed by atoms with Crippen LogP contribution < -0.4 is 0 Å². The summed E-state index contributed by atoms with van der Waals surface area (Å²) in [7, 11) is -9.99. The lowest BCUT2D eigenvalue weighted by atomic mass is 10.1. The highest BCUT2D eigenvalue weighted by Crippen LogP contribution is 2.45. The van der Waals surface area contributed by atoms with Gasteiger partial charge in [0, 0.05) is 25.7 Å². The van der Waals surface area contributed by atoms with Gasteiger partial charge in [-0.25, -0.2) is 9.13 Å². The summed E-state index contributed by atoms with van der Waals surface area (Å²) < 4.78 is 68.6. The van der Waals surface area contributed by atoms with E-state index in [-0.39, 0.29) is 25.7 Å². The van der Waals surface area contributed by atoms with Crippen molar-refractivity contribution in [3.63, 3.8) is 0 Å². The number of carbonyl (C=O) groups is 4. The van der Waals surface area contributed by atoms with Gasteiger partial charge in [0.05, 0.1) is 26.4 Å². The summed E-state index contributed by atoms with van der Waals surface area (Å²) in [5.41, 5.74) is 0. The molecule has 5 unspecified atom stereocenters. The van der Waals surface area contributed by atoms with E-state index in [0.29, 0.717) is 32.1 Å². The minimum atomic E-state index is -5.00. The van der Waals surface area contributed by atoms with Crippen molar-refractivity contribution < 1.29 is 80.2 Å². The van der Waals surface area contributed by atoms with Gasteiger partial charge in [0.1, 0.15) is 19.3 Å². The number of hydrogen-bond donors (Lipinski definition) is 3. The molecule has 0 aliphatic rings. The first-order valence-electron chi connectivity index (χ1n) is 40.7. The van der Waals surface area contributed by atoms with Gasteiger partial charge in [-0.05, 0) is 135 Å². The summed E-state index contributed by atoms with van der Waals surface area (Å²) in [6.45, 7) is 4.43. The van der Waals surface area contributed by atoms with E-state index < -0.39 is 97.5 Å². The predicted octanol–water partition coefficient (Wildman–Crippen LogP) is 24.0. The van der Waals surface area contributed by atoms with Crippen LogP contribution in [0.25, 0.3) is 0 Å². The molecule has 0 rings (SSSR count). The minimum absolute atomic E-state index is 0.0338. The molecule has 106 heavy (non-hydrogen) atoms. The second-order valence-corrected chi connectivity index (χ2v) is 29.5. The zero-order valence-electron chi connectivity index (χ0n) is 66.1. The maximum Gasteiger partial charge on any atom is 0.472 e. The molecule has 0 aliphatic carbocycles. The van der Waals surface area contributed by atoms with E-state index in [2.05, 4.69) is 167 Å². The van der Waals surface area contributed by atoms with E-state index in [1.165, 1.54) is 38.5 Å². The first kappa shape index (κ1) is 101. The Kier molecular flexibility index (Phi) is 73.9. The Morgan fingerprint density at radius 2 is 0.509 bits per heavy atom. The van der Waals surface area contributed by atoms with E-state index in [0.717, 1.165) is 186 Å². The number of allylic oxidation sites excluding steroid dienone is 26. The molecule has 0 aliphatic heterocycles. The number of aliphatic hydroxyl groups excluding tert-OH is 1. The first-order chi connectivity index (χ1) is 51.7. The molecule has 0 spiro atoms. The lowest BCUT2D eigenvalue weighted by molar-refractivity contribution is -0.161. The van der Waals surface area contributed by atoms with Crippen LogP contribution in [0.4, 0.5) is 0 Å². The monoisotopic (exact) mass is 1520 g/mol. The van der Waals surface area contributed by atoms with Crippen molar-refractivity contribution in [2.75, 3.05) is 39.6 Å². The summed E-state index contributed by atoms with van der Waals surface area (Å²) in [6, 6.07) is 0. The second-order valence-electron chi connectivity index (χ2n) is 26.6. The predicted molar refractivity (Wildman–Crippen MR) is 436 cm³/mol. The maximum absolute atomic E-state index is 13.1. The van der Waals surface area contributed by atoms with Crippen LogP contribution in [0, 0.1) is 0 Å². The van der Waals surface area contributed by atoms with E-state index in [9.17, 15) is 43.2 Å². The number of phosphoric ester groups is 2. The average Bonchev–Trinajstić information content (AvgIpc) is 0.901. The number of esters is 4. The Morgan fingerprint density at radius 1 is 0.274 bits per heavy atom. The Labute approximate surface area is 642 Å². The first-order valence-corrected chi connectivity index (χ1v) is 43.7. The van der Waals surface area contributed by atoms with E-state index in [1.54, 1.807) is 0 Å². The molecule has 0 aromatic rings. The second kappa shape index (κ2) is 77.8. The van der Waals surface area contributed by atoms with Crippen LogP contribution in [-0.2, 0) is 65.4 Å². The largest absolute Gasteiger partial charge is 0.472 e. The molecule has 17 nitrogen and oxygen atoms in total. The summed E-state index contributed by atoms with van der Waals surface area (Å²) >= 11 is 0. The highest BCUT2D eigenvalue weighted by atomic mass is 31.2. The molecular formula is C87H144O17P2. The zero-order valence-corrected chi connectivity index (χ0v) is 67.8. The lowest BCUT2D eigenvalue weighted by Gasteiger charge is -2.21. The van der Waals surface area contributed by atoms with Gasteiger partial charge in [-0.3, -0.25) is 37.3 Å². The van der Waals surface area contributed by atoms with Gasteiger partial charge in [-0.15, -0.1) is 0 Å². The van der Waals surface area contributed by atoms with Crippen LogP contribution in [0.1, 0.15) is 310 Å². The normalized spacial score (nSPS) is 14.7. The fourth-order valence-corrected chi connectivity index (χ4v) is 12.0. The molecule has 19 heteroatoms. The van der Waals surface area contributed by atoms with Crippen molar-refractivity contribution in [3.05, 3.63) is 158 Å². The highest BCUT2D eigenvalue weighted by molar-refractivity contribution is 7.47. The minimum Gasteiger partial charge on any atom is -0.462 e. The van der Waals surface area contributed by atoms with Gasteiger partial charge < -0.3 is 33.8 Å². The van der Waals surface area contributed by atoms with E-state index >= 15 is 0 Å². The Morgan fingerprint density at radius 3 is 0.811 bits per heavy atom. The molecule has 0 amide bonds. The van der Waals surface area contributed by atoms with Crippen molar-refractivity contribution in [3.8, 4) is 0 Å². The lowest BCUT2D eigenvalue weighted by Crippen LogP contribution is -2.30. The highest BCUT2D eigenvalue weighted by Gasteiger charge is 2.30. The molecule has 3 N–H and O–H groups in total. The maximum atomic E-state index is 13.1. The van der Waals surface area contributed by atoms with Crippen LogP contribution >= 0.6 is 15.6 Å². The molecule has 0 aromatic carbocycles. The molecule has 0 bridgehead atoms. The molecule has 0 radical (unpaired) electrons. The van der Waals surface area contributed by atoms with Crippen LogP contribution in [0.5, 0.6) is 0 Å². The van der Waals surface area contributed by atoms with Crippen LogP contribution in [0.3, 0.4) is 0 Å². The molecule has 0 aromatic heterocycles. The fourth-order valence-electron chi connectivity index (χ4n) is 10.4. The molecule has 0 saturated carbocycles. The number of aliphatic hydroxyl groups is 1. The summed E-state index contributed by atoms with van der Waals surface area (Å²) in [5.74, 6) is -2.30. The molecule has 0 fully saturated rings. The van der Waals surface area contributed by atoms with Gasteiger partial charge in [-0.1, -0.05) is 308 Å². The van der Waals surface area contributed by atoms with Gasteiger partial charge >= 0.3 is 39.5 Å². The van der Waals surface area contributed by atoms with Crippen molar-refractivity contribution >= 4 is 39.5 Å². The quantitative estimate of drug-likeness (QED) is 0.0169. The van der Waals surface area contributed by atoms with Crippen molar-refractivity contribution in [1.29, 1.82) is 0 Å². The zero-order chi connectivity index (χ0) is 77.4. The van der Waals surface area contributed by atoms with Gasteiger partial charge in [0.25, 0.3) is 0 Å². The third kappa shape index (κ3) is 76.9. The molecular weight excluding hydrogens is 1380 g/mol. The van der Waals surface area contributed by atoms with Gasteiger partial charge in [-0.2, -0.15) is 0 Å². The number of ether oxygens (including phenoxy) is 4. The average molecular weight is 1520 g/mol. The van der Waals surface area contributed by atoms with Crippen LogP contribution in [0.15, 0.2) is 158 Å². The molecule has 0 heterocycles. The number of unbranched alkanes of at least 4 members (excludes halogenated alkanes) is 23. The van der Waals surface area contributed by atoms with Crippen molar-refractivity contribution in [2.24, 2.45) is 0 Å². The topological polar surface area (TPSA) is 237 Å². The molecule has 604 valence electrons. The molecule has 0 saturated heterocycles. The number of phosphoric acid groups is 2. The number of carbonyl (C=O) groups excluding carboxylic acids is 4. The molecule has 5 atom stereocenters. The number of hydrogen-bond acceptors (Lipinski definition) is 15. The van der Waals surface area contributed by atoms with E-state index in [4.69, 9.17) is 37.0 Å². The van der Waals surface area contributed by atoms with Gasteiger partial charge in [0.15, 0.2) is 12.2 Å². The van der Waals surface area contributed by atoms with Gasteiger partial charge in [0.2, 0.25) is 0 Å². The van der Waals surface area contributed by atoms with Crippen LogP contribution in [0.2, 0.25) is 0 Å². The third-order valence-electron chi connectivity index (χ3n) is 16.5. The number of rotatable bonds is 75. The smallest absolute Gasteiger partial charge is 0.462 e. The van der Waals surface area contributed by atoms with Crippen molar-refractivity contribution in [2.45, 2.75) is 329 Å². The summed E-state index contributed by atoms with van der Waals surface area (Å²) in [6.07, 6.45) is 90.9. The summed E-state index contributed by atoms with van der Waals surface area (Å²) in [4.78, 5) is 73.0. The van der Waals surface area contributed by atoms with Crippen molar-refractivity contribution in [1.82, 2.24) is 0 Å².